The lowest BCUT2D eigenvalue weighted by molar-refractivity contribution is 0.0165. The summed E-state index contributed by atoms with van der Waals surface area (Å²) >= 11 is 1.84. The standard InChI is InChI=1S/C17H30N2OS/c1-12(2)10-13-14(11-18-16(3,4)5)21-15(19-13)17(6)8-7-9-20-17/h12,18H,7-11H2,1-6H3. The van der Waals surface area contributed by atoms with Crippen molar-refractivity contribution in [1.29, 1.82) is 0 Å². The van der Waals surface area contributed by atoms with Crippen molar-refractivity contribution < 1.29 is 4.74 Å². The summed E-state index contributed by atoms with van der Waals surface area (Å²) in [4.78, 5) is 6.34. The Labute approximate surface area is 133 Å². The van der Waals surface area contributed by atoms with E-state index in [2.05, 4.69) is 46.9 Å². The molecule has 1 aromatic heterocycles. The lowest BCUT2D eigenvalue weighted by Gasteiger charge is -2.20. The van der Waals surface area contributed by atoms with Crippen LogP contribution in [0.3, 0.4) is 0 Å². The molecule has 1 N–H and O–H groups in total. The zero-order chi connectivity index (χ0) is 15.7. The van der Waals surface area contributed by atoms with E-state index in [4.69, 9.17) is 9.72 Å². The van der Waals surface area contributed by atoms with Crippen LogP contribution in [0.1, 0.15) is 70.0 Å². The summed E-state index contributed by atoms with van der Waals surface area (Å²) in [6, 6.07) is 0. The number of nitrogens with one attached hydrogen (secondary N) is 1. The number of hydrogen-bond donors (Lipinski definition) is 1. The van der Waals surface area contributed by atoms with Crippen LogP contribution in [-0.2, 0) is 23.3 Å². The predicted molar refractivity (Wildman–Crippen MR) is 89.8 cm³/mol. The van der Waals surface area contributed by atoms with Gasteiger partial charge < -0.3 is 10.1 Å². The first-order valence-electron chi connectivity index (χ1n) is 8.08. The highest BCUT2D eigenvalue weighted by molar-refractivity contribution is 7.11. The second kappa shape index (κ2) is 6.35. The second-order valence-corrected chi connectivity index (χ2v) is 8.86. The minimum Gasteiger partial charge on any atom is -0.368 e. The van der Waals surface area contributed by atoms with E-state index in [1.807, 2.05) is 11.3 Å². The molecule has 1 aromatic rings. The van der Waals surface area contributed by atoms with Gasteiger partial charge in [0.1, 0.15) is 10.6 Å². The number of nitrogens with zero attached hydrogens (tertiary/aromatic N) is 1. The minimum atomic E-state index is -0.156. The van der Waals surface area contributed by atoms with Gasteiger partial charge in [-0.05, 0) is 52.9 Å². The number of aromatic nitrogens is 1. The van der Waals surface area contributed by atoms with Crippen molar-refractivity contribution in [1.82, 2.24) is 10.3 Å². The summed E-state index contributed by atoms with van der Waals surface area (Å²) in [6.45, 7) is 15.1. The van der Waals surface area contributed by atoms with Gasteiger partial charge in [0.2, 0.25) is 0 Å². The average molecular weight is 311 g/mol. The summed E-state index contributed by atoms with van der Waals surface area (Å²) in [7, 11) is 0. The maximum absolute atomic E-state index is 5.97. The van der Waals surface area contributed by atoms with E-state index in [1.165, 1.54) is 15.6 Å². The molecular weight excluding hydrogens is 280 g/mol. The van der Waals surface area contributed by atoms with Crippen LogP contribution in [0.5, 0.6) is 0 Å². The summed E-state index contributed by atoms with van der Waals surface area (Å²) in [5.74, 6) is 0.630. The van der Waals surface area contributed by atoms with Crippen LogP contribution in [0.4, 0.5) is 0 Å². The van der Waals surface area contributed by atoms with E-state index < -0.39 is 0 Å². The lowest BCUT2D eigenvalue weighted by Crippen LogP contribution is -2.35. The van der Waals surface area contributed by atoms with Crippen LogP contribution in [0.25, 0.3) is 0 Å². The first kappa shape index (κ1) is 16.9. The molecule has 0 amide bonds. The molecule has 0 radical (unpaired) electrons. The molecule has 1 aliphatic heterocycles. The largest absolute Gasteiger partial charge is 0.368 e. The number of ether oxygens (including phenoxy) is 1. The smallest absolute Gasteiger partial charge is 0.125 e. The summed E-state index contributed by atoms with van der Waals surface area (Å²) < 4.78 is 5.97. The maximum Gasteiger partial charge on any atom is 0.125 e. The molecule has 120 valence electrons. The van der Waals surface area contributed by atoms with Gasteiger partial charge in [-0.15, -0.1) is 11.3 Å². The fourth-order valence-electron chi connectivity index (χ4n) is 2.59. The Morgan fingerprint density at radius 1 is 1.38 bits per heavy atom. The van der Waals surface area contributed by atoms with Crippen molar-refractivity contribution in [2.24, 2.45) is 5.92 Å². The number of rotatable bonds is 5. The SMILES string of the molecule is CC(C)Cc1nc(C2(C)CCCO2)sc1CNC(C)(C)C. The highest BCUT2D eigenvalue weighted by atomic mass is 32.1. The van der Waals surface area contributed by atoms with Crippen molar-refractivity contribution >= 4 is 11.3 Å². The Bertz CT molecular complexity index is 468. The van der Waals surface area contributed by atoms with Crippen LogP contribution < -0.4 is 5.32 Å². The van der Waals surface area contributed by atoms with Crippen molar-refractivity contribution in [3.05, 3.63) is 15.6 Å². The van der Waals surface area contributed by atoms with Gasteiger partial charge in [0.05, 0.1) is 5.69 Å². The molecule has 3 nitrogen and oxygen atoms in total. The molecule has 2 rings (SSSR count). The van der Waals surface area contributed by atoms with E-state index >= 15 is 0 Å². The molecule has 0 spiro atoms. The van der Waals surface area contributed by atoms with Crippen molar-refractivity contribution in [2.45, 2.75) is 78.5 Å². The topological polar surface area (TPSA) is 34.1 Å². The number of hydrogen-bond acceptors (Lipinski definition) is 4. The van der Waals surface area contributed by atoms with E-state index in [1.54, 1.807) is 0 Å². The number of thiazole rings is 1. The Hall–Kier alpha value is -0.450. The van der Waals surface area contributed by atoms with Gasteiger partial charge in [-0.2, -0.15) is 0 Å². The van der Waals surface area contributed by atoms with Crippen LogP contribution in [0.2, 0.25) is 0 Å². The Kier molecular flexibility index (Phi) is 5.11. The third-order valence-corrected chi connectivity index (χ3v) is 5.17. The second-order valence-electron chi connectivity index (χ2n) is 7.77. The first-order chi connectivity index (χ1) is 9.70. The van der Waals surface area contributed by atoms with Crippen molar-refractivity contribution in [3.63, 3.8) is 0 Å². The van der Waals surface area contributed by atoms with Crippen molar-refractivity contribution in [3.8, 4) is 0 Å². The quantitative estimate of drug-likeness (QED) is 0.882. The molecule has 1 saturated heterocycles. The maximum atomic E-state index is 5.97. The van der Waals surface area contributed by atoms with Gasteiger partial charge in [0, 0.05) is 23.6 Å². The van der Waals surface area contributed by atoms with Crippen molar-refractivity contribution in [2.75, 3.05) is 6.61 Å². The summed E-state index contributed by atoms with van der Waals surface area (Å²) in [5.41, 5.74) is 1.24. The summed E-state index contributed by atoms with van der Waals surface area (Å²) in [6.07, 6.45) is 3.28. The van der Waals surface area contributed by atoms with E-state index in [0.717, 1.165) is 32.4 Å². The molecule has 0 aromatic carbocycles. The molecule has 1 atom stereocenters. The lowest BCUT2D eigenvalue weighted by atomic mass is 10.0. The molecule has 1 unspecified atom stereocenters. The molecule has 1 aliphatic rings. The van der Waals surface area contributed by atoms with Crippen LogP contribution in [0, 0.1) is 5.92 Å². The normalized spacial score (nSPS) is 23.2. The van der Waals surface area contributed by atoms with E-state index in [-0.39, 0.29) is 11.1 Å². The van der Waals surface area contributed by atoms with Crippen LogP contribution in [0.15, 0.2) is 0 Å². The Morgan fingerprint density at radius 3 is 2.62 bits per heavy atom. The average Bonchev–Trinajstić information content (AvgIpc) is 2.93. The molecule has 4 heteroatoms. The van der Waals surface area contributed by atoms with Gasteiger partial charge in [-0.1, -0.05) is 13.8 Å². The van der Waals surface area contributed by atoms with Gasteiger partial charge >= 0.3 is 0 Å². The minimum absolute atomic E-state index is 0.132. The van der Waals surface area contributed by atoms with Gasteiger partial charge in [0.15, 0.2) is 0 Å². The third-order valence-electron chi connectivity index (χ3n) is 3.83. The zero-order valence-corrected chi connectivity index (χ0v) is 15.2. The highest BCUT2D eigenvalue weighted by Crippen LogP contribution is 2.39. The first-order valence-corrected chi connectivity index (χ1v) is 8.89. The molecular formula is C17H30N2OS. The van der Waals surface area contributed by atoms with Gasteiger partial charge in [-0.25, -0.2) is 4.98 Å². The van der Waals surface area contributed by atoms with Crippen LogP contribution in [-0.4, -0.2) is 17.1 Å². The highest BCUT2D eigenvalue weighted by Gasteiger charge is 2.35. The van der Waals surface area contributed by atoms with Crippen LogP contribution >= 0.6 is 11.3 Å². The zero-order valence-electron chi connectivity index (χ0n) is 14.4. The predicted octanol–water partition coefficient (Wildman–Crippen LogP) is 4.26. The molecule has 0 saturated carbocycles. The van der Waals surface area contributed by atoms with Gasteiger partial charge in [0.25, 0.3) is 0 Å². The van der Waals surface area contributed by atoms with E-state index in [9.17, 15) is 0 Å². The van der Waals surface area contributed by atoms with E-state index in [0.29, 0.717) is 5.92 Å². The molecule has 0 bridgehead atoms. The Morgan fingerprint density at radius 2 is 2.10 bits per heavy atom. The molecule has 21 heavy (non-hydrogen) atoms. The molecule has 2 heterocycles. The van der Waals surface area contributed by atoms with Gasteiger partial charge in [-0.3, -0.25) is 0 Å². The molecule has 1 fully saturated rings. The Balaban J connectivity index is 2.22. The molecule has 0 aliphatic carbocycles. The third kappa shape index (κ3) is 4.51. The fraction of sp³-hybridized carbons (Fsp3) is 0.824. The fourth-order valence-corrected chi connectivity index (χ4v) is 3.74. The monoisotopic (exact) mass is 310 g/mol. The summed E-state index contributed by atoms with van der Waals surface area (Å²) in [5, 5.41) is 4.77.